The summed E-state index contributed by atoms with van der Waals surface area (Å²) >= 11 is 0. The topological polar surface area (TPSA) is 20.2 Å². The summed E-state index contributed by atoms with van der Waals surface area (Å²) in [5.41, 5.74) is 1.53. The standard InChI is InChI=1S/C20H34O/c1-2-14-19(20-16-11-9-12-17-20)15-10-7-5-3-4-6-8-13-18-21/h9,11-12,16-17,19,21H,2-8,10,13-15,18H2,1H3. The summed E-state index contributed by atoms with van der Waals surface area (Å²) in [5, 5.41) is 8.73. The molecule has 0 amide bonds. The van der Waals surface area contributed by atoms with Gasteiger partial charge in [-0.25, -0.2) is 0 Å². The van der Waals surface area contributed by atoms with Crippen LogP contribution in [-0.2, 0) is 0 Å². The van der Waals surface area contributed by atoms with Gasteiger partial charge < -0.3 is 5.11 Å². The third kappa shape index (κ3) is 8.93. The van der Waals surface area contributed by atoms with Crippen molar-refractivity contribution in [2.45, 2.75) is 83.5 Å². The van der Waals surface area contributed by atoms with Gasteiger partial charge in [0.2, 0.25) is 0 Å². The van der Waals surface area contributed by atoms with Crippen LogP contribution in [0.4, 0.5) is 0 Å². The van der Waals surface area contributed by atoms with Crippen LogP contribution in [0.15, 0.2) is 30.3 Å². The van der Waals surface area contributed by atoms with E-state index in [0.717, 1.165) is 12.3 Å². The Kier molecular flexibility index (Phi) is 11.2. The first kappa shape index (κ1) is 18.2. The van der Waals surface area contributed by atoms with Gasteiger partial charge in [-0.05, 0) is 30.7 Å². The van der Waals surface area contributed by atoms with Crippen LogP contribution < -0.4 is 0 Å². The van der Waals surface area contributed by atoms with Gasteiger partial charge in [0.1, 0.15) is 0 Å². The molecule has 0 aromatic heterocycles. The van der Waals surface area contributed by atoms with E-state index >= 15 is 0 Å². The van der Waals surface area contributed by atoms with Crippen LogP contribution in [0, 0.1) is 0 Å². The fourth-order valence-electron chi connectivity index (χ4n) is 3.11. The van der Waals surface area contributed by atoms with Gasteiger partial charge in [0.15, 0.2) is 0 Å². The van der Waals surface area contributed by atoms with E-state index in [0.29, 0.717) is 6.61 Å². The van der Waals surface area contributed by atoms with E-state index in [4.69, 9.17) is 5.11 Å². The quantitative estimate of drug-likeness (QED) is 0.437. The van der Waals surface area contributed by atoms with Crippen molar-refractivity contribution in [1.82, 2.24) is 0 Å². The fourth-order valence-corrected chi connectivity index (χ4v) is 3.11. The van der Waals surface area contributed by atoms with Gasteiger partial charge in [-0.2, -0.15) is 0 Å². The lowest BCUT2D eigenvalue weighted by Crippen LogP contribution is -1.98. The van der Waals surface area contributed by atoms with Crippen molar-refractivity contribution in [3.8, 4) is 0 Å². The zero-order valence-corrected chi connectivity index (χ0v) is 13.9. The maximum atomic E-state index is 8.73. The molecule has 1 aromatic carbocycles. The molecule has 1 nitrogen and oxygen atoms in total. The van der Waals surface area contributed by atoms with Gasteiger partial charge in [-0.1, -0.05) is 88.6 Å². The number of hydrogen-bond donors (Lipinski definition) is 1. The molecule has 0 saturated carbocycles. The Hall–Kier alpha value is -0.820. The molecule has 0 aliphatic heterocycles. The molecule has 1 atom stereocenters. The largest absolute Gasteiger partial charge is 0.396 e. The summed E-state index contributed by atoms with van der Waals surface area (Å²) in [6.07, 6.45) is 14.3. The Morgan fingerprint density at radius 1 is 0.762 bits per heavy atom. The van der Waals surface area contributed by atoms with Crippen LogP contribution in [-0.4, -0.2) is 11.7 Å². The molecule has 1 aromatic rings. The van der Waals surface area contributed by atoms with Crippen LogP contribution in [0.25, 0.3) is 0 Å². The monoisotopic (exact) mass is 290 g/mol. The molecule has 0 bridgehead atoms. The SMILES string of the molecule is CCCC(CCCCCCCCCCO)c1ccccc1. The van der Waals surface area contributed by atoms with Crippen molar-refractivity contribution in [3.05, 3.63) is 35.9 Å². The van der Waals surface area contributed by atoms with E-state index in [1.165, 1.54) is 69.8 Å². The van der Waals surface area contributed by atoms with Crippen molar-refractivity contribution < 1.29 is 5.11 Å². The number of aliphatic hydroxyl groups is 1. The lowest BCUT2D eigenvalue weighted by molar-refractivity contribution is 0.282. The first-order valence-corrected chi connectivity index (χ1v) is 9.04. The first-order chi connectivity index (χ1) is 10.4. The molecule has 0 aliphatic rings. The highest BCUT2D eigenvalue weighted by Crippen LogP contribution is 2.27. The van der Waals surface area contributed by atoms with E-state index in [-0.39, 0.29) is 0 Å². The molecule has 1 rings (SSSR count). The predicted molar refractivity (Wildman–Crippen MR) is 92.7 cm³/mol. The molecule has 0 heterocycles. The fraction of sp³-hybridized carbons (Fsp3) is 0.700. The highest BCUT2D eigenvalue weighted by molar-refractivity contribution is 5.19. The summed E-state index contributed by atoms with van der Waals surface area (Å²) in [6, 6.07) is 11.0. The summed E-state index contributed by atoms with van der Waals surface area (Å²) in [6.45, 7) is 2.65. The Labute approximate surface area is 131 Å². The van der Waals surface area contributed by atoms with Crippen molar-refractivity contribution >= 4 is 0 Å². The zero-order chi connectivity index (χ0) is 15.2. The first-order valence-electron chi connectivity index (χ1n) is 9.04. The summed E-state index contributed by atoms with van der Waals surface area (Å²) < 4.78 is 0. The van der Waals surface area contributed by atoms with Gasteiger partial charge in [0.25, 0.3) is 0 Å². The highest BCUT2D eigenvalue weighted by Gasteiger charge is 2.09. The third-order valence-electron chi connectivity index (χ3n) is 4.37. The maximum Gasteiger partial charge on any atom is 0.0431 e. The Morgan fingerprint density at radius 2 is 1.33 bits per heavy atom. The molecule has 1 heteroatoms. The molecule has 0 spiro atoms. The lowest BCUT2D eigenvalue weighted by Gasteiger charge is -2.16. The minimum atomic E-state index is 0.359. The number of aliphatic hydroxyl groups excluding tert-OH is 1. The minimum absolute atomic E-state index is 0.359. The summed E-state index contributed by atoms with van der Waals surface area (Å²) in [4.78, 5) is 0. The molecular formula is C20H34O. The van der Waals surface area contributed by atoms with Crippen molar-refractivity contribution in [2.24, 2.45) is 0 Å². The Bertz CT molecular complexity index is 320. The average molecular weight is 290 g/mol. The molecule has 0 fully saturated rings. The number of unbranched alkanes of at least 4 members (excludes halogenated alkanes) is 7. The smallest absolute Gasteiger partial charge is 0.0431 e. The van der Waals surface area contributed by atoms with E-state index < -0.39 is 0 Å². The van der Waals surface area contributed by atoms with E-state index in [1.807, 2.05) is 0 Å². The normalized spacial score (nSPS) is 12.5. The predicted octanol–water partition coefficient (Wildman–Crippen LogP) is 6.07. The van der Waals surface area contributed by atoms with Gasteiger partial charge in [0.05, 0.1) is 0 Å². The van der Waals surface area contributed by atoms with Crippen molar-refractivity contribution in [3.63, 3.8) is 0 Å². The van der Waals surface area contributed by atoms with Crippen LogP contribution in [0.5, 0.6) is 0 Å². The molecule has 1 N–H and O–H groups in total. The molecule has 1 unspecified atom stereocenters. The Balaban J connectivity index is 2.09. The van der Waals surface area contributed by atoms with Gasteiger partial charge in [-0.15, -0.1) is 0 Å². The second kappa shape index (κ2) is 12.9. The van der Waals surface area contributed by atoms with Crippen molar-refractivity contribution in [1.29, 1.82) is 0 Å². The molecule has 21 heavy (non-hydrogen) atoms. The molecule has 0 radical (unpaired) electrons. The lowest BCUT2D eigenvalue weighted by atomic mass is 9.89. The summed E-state index contributed by atoms with van der Waals surface area (Å²) in [7, 11) is 0. The minimum Gasteiger partial charge on any atom is -0.396 e. The van der Waals surface area contributed by atoms with Crippen molar-refractivity contribution in [2.75, 3.05) is 6.61 Å². The molecule has 120 valence electrons. The number of benzene rings is 1. The average Bonchev–Trinajstić information content (AvgIpc) is 2.53. The van der Waals surface area contributed by atoms with E-state index in [2.05, 4.69) is 37.3 Å². The molecular weight excluding hydrogens is 256 g/mol. The molecule has 0 aliphatic carbocycles. The maximum absolute atomic E-state index is 8.73. The second-order valence-electron chi connectivity index (χ2n) is 6.24. The summed E-state index contributed by atoms with van der Waals surface area (Å²) in [5.74, 6) is 0.765. The third-order valence-corrected chi connectivity index (χ3v) is 4.37. The molecule has 0 saturated heterocycles. The highest BCUT2D eigenvalue weighted by atomic mass is 16.2. The number of rotatable bonds is 13. The van der Waals surface area contributed by atoms with Crippen LogP contribution in [0.3, 0.4) is 0 Å². The van der Waals surface area contributed by atoms with E-state index in [9.17, 15) is 0 Å². The van der Waals surface area contributed by atoms with Crippen LogP contribution in [0.2, 0.25) is 0 Å². The van der Waals surface area contributed by atoms with Gasteiger partial charge in [0, 0.05) is 6.61 Å². The van der Waals surface area contributed by atoms with Crippen LogP contribution >= 0.6 is 0 Å². The number of hydrogen-bond acceptors (Lipinski definition) is 1. The Morgan fingerprint density at radius 3 is 1.90 bits per heavy atom. The van der Waals surface area contributed by atoms with Gasteiger partial charge >= 0.3 is 0 Å². The van der Waals surface area contributed by atoms with Crippen LogP contribution in [0.1, 0.15) is 89.0 Å². The van der Waals surface area contributed by atoms with E-state index in [1.54, 1.807) is 0 Å². The van der Waals surface area contributed by atoms with Gasteiger partial charge in [-0.3, -0.25) is 0 Å². The second-order valence-corrected chi connectivity index (χ2v) is 6.24. The zero-order valence-electron chi connectivity index (χ0n) is 13.9.